The van der Waals surface area contributed by atoms with Crippen LogP contribution >= 0.6 is 0 Å². The van der Waals surface area contributed by atoms with Gasteiger partial charge < -0.3 is 18.6 Å². The number of rotatable bonds is 8. The van der Waals surface area contributed by atoms with Gasteiger partial charge in [-0.25, -0.2) is 0 Å². The van der Waals surface area contributed by atoms with E-state index in [0.717, 1.165) is 106 Å². The Morgan fingerprint density at radius 3 is 0.941 bits per heavy atom. The topological polar surface area (TPSA) is 32.8 Å². The van der Waals surface area contributed by atoms with Gasteiger partial charge in [-0.2, -0.15) is 0 Å². The Bertz CT molecular complexity index is 3540. The van der Waals surface area contributed by atoms with E-state index >= 15 is 0 Å². The second-order valence-electron chi connectivity index (χ2n) is 18.5. The van der Waals surface area contributed by atoms with E-state index in [0.29, 0.717) is 0 Å². The molecule has 324 valence electrons. The largest absolute Gasteiger partial charge is 0.456 e. The van der Waals surface area contributed by atoms with Crippen molar-refractivity contribution in [3.8, 4) is 22.3 Å². The van der Waals surface area contributed by atoms with Gasteiger partial charge in [-0.3, -0.25) is 0 Å². The van der Waals surface area contributed by atoms with E-state index in [-0.39, 0.29) is 0 Å². The molecule has 0 aliphatic heterocycles. The first kappa shape index (κ1) is 38.9. The van der Waals surface area contributed by atoms with Crippen LogP contribution in [0.4, 0.5) is 34.1 Å². The second-order valence-corrected chi connectivity index (χ2v) is 18.5. The Kier molecular flexibility index (Phi) is 8.94. The van der Waals surface area contributed by atoms with Crippen LogP contribution < -0.4 is 9.80 Å². The van der Waals surface area contributed by atoms with Gasteiger partial charge >= 0.3 is 0 Å². The van der Waals surface area contributed by atoms with Crippen molar-refractivity contribution in [1.82, 2.24) is 0 Å². The van der Waals surface area contributed by atoms with Crippen molar-refractivity contribution in [3.05, 3.63) is 229 Å². The van der Waals surface area contributed by atoms with Crippen LogP contribution in [0.3, 0.4) is 0 Å². The lowest BCUT2D eigenvalue weighted by atomic mass is 9.77. The molecule has 2 aliphatic rings. The van der Waals surface area contributed by atoms with Gasteiger partial charge in [0.25, 0.3) is 0 Å². The van der Waals surface area contributed by atoms with E-state index in [2.05, 4.69) is 216 Å². The van der Waals surface area contributed by atoms with Crippen LogP contribution in [-0.4, -0.2) is 0 Å². The van der Waals surface area contributed by atoms with Crippen molar-refractivity contribution in [3.63, 3.8) is 0 Å². The number of nitrogens with zero attached hydrogens (tertiary/aromatic N) is 2. The zero-order valence-electron chi connectivity index (χ0n) is 37.6. The van der Waals surface area contributed by atoms with Crippen LogP contribution in [0.5, 0.6) is 0 Å². The lowest BCUT2D eigenvalue weighted by Crippen LogP contribution is -2.10. The second kappa shape index (κ2) is 15.6. The van der Waals surface area contributed by atoms with Crippen LogP contribution in [0.1, 0.15) is 35.1 Å². The van der Waals surface area contributed by atoms with Crippen LogP contribution in [-0.2, 0) is 25.7 Å². The molecule has 0 atom stereocenters. The van der Waals surface area contributed by atoms with E-state index in [1.807, 2.05) is 0 Å². The molecule has 0 unspecified atom stereocenters. The third-order valence-corrected chi connectivity index (χ3v) is 14.7. The van der Waals surface area contributed by atoms with Crippen molar-refractivity contribution in [2.75, 3.05) is 9.80 Å². The SMILES string of the molecule is c1ccc(N(c2ccccc2)c2ccc(-c3ccc4c(c3)oc3c5c6c(c7c(oc8cc(-c9ccc(N(c%10ccccc%10)c%10ccccc%10)cc9)ccc87)c7c6c(c34)CCC7)CCC5)cc2)cc1. The number of anilines is 6. The predicted octanol–water partition coefficient (Wildman–Crippen LogP) is 17.9. The van der Waals surface area contributed by atoms with Crippen molar-refractivity contribution in [1.29, 1.82) is 0 Å². The highest BCUT2D eigenvalue weighted by molar-refractivity contribution is 6.23. The molecule has 4 nitrogen and oxygen atoms in total. The molecule has 10 aromatic carbocycles. The first-order valence-corrected chi connectivity index (χ1v) is 24.1. The molecule has 0 radical (unpaired) electrons. The molecule has 0 spiro atoms. The summed E-state index contributed by atoms with van der Waals surface area (Å²) in [6, 6.07) is 73.9. The normalized spacial score (nSPS) is 13.2. The van der Waals surface area contributed by atoms with Crippen LogP contribution in [0, 0.1) is 0 Å². The average Bonchev–Trinajstić information content (AvgIpc) is 4.00. The van der Waals surface area contributed by atoms with Crippen molar-refractivity contribution in [2.45, 2.75) is 38.5 Å². The highest BCUT2D eigenvalue weighted by Gasteiger charge is 2.32. The van der Waals surface area contributed by atoms with Gasteiger partial charge in [-0.15, -0.1) is 0 Å². The molecule has 2 aromatic heterocycles. The lowest BCUT2D eigenvalue weighted by molar-refractivity contribution is 0.653. The zero-order valence-corrected chi connectivity index (χ0v) is 37.6. The van der Waals surface area contributed by atoms with E-state index in [1.54, 1.807) is 0 Å². The molecule has 0 N–H and O–H groups in total. The van der Waals surface area contributed by atoms with Crippen LogP contribution in [0.25, 0.3) is 76.9 Å². The Morgan fingerprint density at radius 2 is 0.588 bits per heavy atom. The highest BCUT2D eigenvalue weighted by atomic mass is 16.3. The maximum atomic E-state index is 7.10. The molecule has 4 heteroatoms. The minimum absolute atomic E-state index is 0.960. The summed E-state index contributed by atoms with van der Waals surface area (Å²) < 4.78 is 14.2. The number of furan rings is 2. The molecule has 68 heavy (non-hydrogen) atoms. The first-order valence-electron chi connectivity index (χ1n) is 24.1. The summed E-state index contributed by atoms with van der Waals surface area (Å²) in [5.74, 6) is 0. The first-order chi connectivity index (χ1) is 33.7. The summed E-state index contributed by atoms with van der Waals surface area (Å²) in [4.78, 5) is 4.61. The summed E-state index contributed by atoms with van der Waals surface area (Å²) in [6.07, 6.45) is 6.27. The number of fused-ring (bicyclic) bond motifs is 10. The van der Waals surface area contributed by atoms with Crippen LogP contribution in [0.15, 0.2) is 215 Å². The molecular formula is C64H46N2O2. The average molecular weight is 875 g/mol. The van der Waals surface area contributed by atoms with Gasteiger partial charge in [-0.1, -0.05) is 109 Å². The summed E-state index contributed by atoms with van der Waals surface area (Å²) in [7, 11) is 0. The van der Waals surface area contributed by atoms with Gasteiger partial charge in [0.15, 0.2) is 0 Å². The molecule has 0 bridgehead atoms. The molecule has 0 amide bonds. The molecule has 2 heterocycles. The summed E-state index contributed by atoms with van der Waals surface area (Å²) in [5, 5.41) is 7.90. The van der Waals surface area contributed by atoms with Crippen molar-refractivity contribution >= 4 is 88.8 Å². The Hall–Kier alpha value is -8.34. The van der Waals surface area contributed by atoms with Gasteiger partial charge in [0, 0.05) is 66.8 Å². The fourth-order valence-electron chi connectivity index (χ4n) is 11.7. The Morgan fingerprint density at radius 1 is 0.279 bits per heavy atom. The van der Waals surface area contributed by atoms with E-state index < -0.39 is 0 Å². The van der Waals surface area contributed by atoms with Crippen molar-refractivity contribution in [2.24, 2.45) is 0 Å². The van der Waals surface area contributed by atoms with Crippen LogP contribution in [0.2, 0.25) is 0 Å². The van der Waals surface area contributed by atoms with Gasteiger partial charge in [-0.05, 0) is 180 Å². The van der Waals surface area contributed by atoms with Crippen molar-refractivity contribution < 1.29 is 8.83 Å². The summed E-state index contributed by atoms with van der Waals surface area (Å²) in [5.41, 5.74) is 21.1. The van der Waals surface area contributed by atoms with Gasteiger partial charge in [0.2, 0.25) is 0 Å². The molecule has 14 rings (SSSR count). The standard InChI is InChI=1S/C64H46N2O2/c1-5-15-45(16-6-1)65(46-17-7-2-8-18-46)49-33-27-41(28-34-49)43-31-37-51-57(39-43)67-63-55-25-14-24-54-60(55)59-53(61(51)63)23-13-26-56(59)64-62(54)52-38-32-44(40-58(52)68-64)42-29-35-50(36-30-42)66(47-19-9-3-10-20-47)48-21-11-4-12-22-48/h1-12,15-22,27-40H,13-14,23-26H2. The molecular weight excluding hydrogens is 829 g/mol. The molecule has 2 aliphatic carbocycles. The lowest BCUT2D eigenvalue weighted by Gasteiger charge is -2.26. The third kappa shape index (κ3) is 6.14. The maximum Gasteiger partial charge on any atom is 0.139 e. The smallest absolute Gasteiger partial charge is 0.139 e. The number of para-hydroxylation sites is 4. The van der Waals surface area contributed by atoms with Gasteiger partial charge in [0.1, 0.15) is 22.3 Å². The zero-order chi connectivity index (χ0) is 44.7. The quantitative estimate of drug-likeness (QED) is 0.152. The monoisotopic (exact) mass is 874 g/mol. The number of hydrogen-bond acceptors (Lipinski definition) is 4. The van der Waals surface area contributed by atoms with E-state index in [9.17, 15) is 0 Å². The minimum Gasteiger partial charge on any atom is -0.456 e. The fraction of sp³-hybridized carbons (Fsp3) is 0.0938. The number of hydrogen-bond donors (Lipinski definition) is 0. The summed E-state index contributed by atoms with van der Waals surface area (Å²) in [6.45, 7) is 0. The Balaban J connectivity index is 0.854. The molecule has 0 saturated carbocycles. The van der Waals surface area contributed by atoms with E-state index in [4.69, 9.17) is 8.83 Å². The highest BCUT2D eigenvalue weighted by Crippen LogP contribution is 2.51. The molecule has 0 saturated heterocycles. The minimum atomic E-state index is 0.960. The Labute approximate surface area is 394 Å². The molecule has 0 fully saturated rings. The molecule has 12 aromatic rings. The summed E-state index contributed by atoms with van der Waals surface area (Å²) >= 11 is 0. The van der Waals surface area contributed by atoms with E-state index in [1.165, 1.54) is 65.7 Å². The predicted molar refractivity (Wildman–Crippen MR) is 283 cm³/mol. The van der Waals surface area contributed by atoms with Gasteiger partial charge in [0.05, 0.1) is 0 Å². The number of aryl methyl sites for hydroxylation is 4. The maximum absolute atomic E-state index is 7.10. The fourth-order valence-corrected chi connectivity index (χ4v) is 11.7. The third-order valence-electron chi connectivity index (χ3n) is 14.7. The number of benzene rings is 10.